The average molecular weight is 459 g/mol. The van der Waals surface area contributed by atoms with Gasteiger partial charge in [0.25, 0.3) is 0 Å². The lowest BCUT2D eigenvalue weighted by Gasteiger charge is -2.19. The third-order valence-electron chi connectivity index (χ3n) is 6.96. The lowest BCUT2D eigenvalue weighted by atomic mass is 9.92. The Morgan fingerprint density at radius 1 is 0.714 bits per heavy atom. The van der Waals surface area contributed by atoms with E-state index in [0.717, 1.165) is 23.4 Å². The standard InChI is InChI=1S/C33H34N2/c1-22(2)27-18-12-19-28(23(3)4)33(27)35-31(25-15-9-6-10-16-25)29-20-11-17-26-21-30(34-32(26)29)24-13-7-5-8-14-24/h5-20,22-23,30,34H,21H2,1-4H3. The minimum atomic E-state index is 0.276. The van der Waals surface area contributed by atoms with E-state index in [2.05, 4.69) is 130 Å². The van der Waals surface area contributed by atoms with Crippen LogP contribution < -0.4 is 5.32 Å². The molecule has 1 aliphatic heterocycles. The minimum Gasteiger partial charge on any atom is -0.377 e. The summed E-state index contributed by atoms with van der Waals surface area (Å²) in [4.78, 5) is 5.49. The van der Waals surface area contributed by atoms with Crippen molar-refractivity contribution < 1.29 is 0 Å². The highest BCUT2D eigenvalue weighted by Crippen LogP contribution is 2.40. The van der Waals surface area contributed by atoms with Gasteiger partial charge in [0, 0.05) is 16.8 Å². The first-order valence-corrected chi connectivity index (χ1v) is 12.7. The Kier molecular flexibility index (Phi) is 6.55. The van der Waals surface area contributed by atoms with Gasteiger partial charge >= 0.3 is 0 Å². The molecular formula is C33H34N2. The van der Waals surface area contributed by atoms with Crippen LogP contribution in [-0.4, -0.2) is 5.71 Å². The van der Waals surface area contributed by atoms with Gasteiger partial charge in [0.15, 0.2) is 0 Å². The van der Waals surface area contributed by atoms with E-state index in [-0.39, 0.29) is 6.04 Å². The molecule has 0 amide bonds. The molecule has 1 N–H and O–H groups in total. The predicted molar refractivity (Wildman–Crippen MR) is 149 cm³/mol. The van der Waals surface area contributed by atoms with Gasteiger partial charge in [-0.2, -0.15) is 0 Å². The molecule has 0 saturated heterocycles. The van der Waals surface area contributed by atoms with Gasteiger partial charge in [-0.05, 0) is 40.5 Å². The van der Waals surface area contributed by atoms with E-state index in [4.69, 9.17) is 4.99 Å². The predicted octanol–water partition coefficient (Wildman–Crippen LogP) is 8.81. The molecule has 1 heterocycles. The number of hydrogen-bond donors (Lipinski definition) is 1. The highest BCUT2D eigenvalue weighted by molar-refractivity contribution is 6.17. The molecule has 0 aliphatic carbocycles. The van der Waals surface area contributed by atoms with E-state index in [9.17, 15) is 0 Å². The minimum absolute atomic E-state index is 0.276. The lowest BCUT2D eigenvalue weighted by Crippen LogP contribution is -2.10. The molecule has 1 aliphatic rings. The average Bonchev–Trinajstić information content (AvgIpc) is 3.33. The Morgan fingerprint density at radius 3 is 1.94 bits per heavy atom. The van der Waals surface area contributed by atoms with Crippen LogP contribution in [0.15, 0.2) is 102 Å². The molecule has 176 valence electrons. The van der Waals surface area contributed by atoms with Crippen LogP contribution >= 0.6 is 0 Å². The number of fused-ring (bicyclic) bond motifs is 1. The van der Waals surface area contributed by atoms with Crippen LogP contribution in [0.5, 0.6) is 0 Å². The van der Waals surface area contributed by atoms with E-state index in [1.165, 1.54) is 33.5 Å². The molecule has 5 rings (SSSR count). The maximum absolute atomic E-state index is 5.49. The van der Waals surface area contributed by atoms with Crippen LogP contribution in [0.2, 0.25) is 0 Å². The maximum atomic E-state index is 5.49. The van der Waals surface area contributed by atoms with Crippen molar-refractivity contribution in [2.75, 3.05) is 5.32 Å². The molecule has 0 fully saturated rings. The number of para-hydroxylation sites is 2. The van der Waals surface area contributed by atoms with Crippen LogP contribution in [0, 0.1) is 0 Å². The van der Waals surface area contributed by atoms with E-state index < -0.39 is 0 Å². The summed E-state index contributed by atoms with van der Waals surface area (Å²) in [5.74, 6) is 0.790. The first-order valence-electron chi connectivity index (χ1n) is 12.7. The maximum Gasteiger partial charge on any atom is 0.0802 e. The van der Waals surface area contributed by atoms with Crippen molar-refractivity contribution in [3.8, 4) is 0 Å². The molecule has 1 atom stereocenters. The summed E-state index contributed by atoms with van der Waals surface area (Å²) in [5, 5.41) is 3.85. The van der Waals surface area contributed by atoms with Crippen LogP contribution in [0.1, 0.15) is 79.0 Å². The second kappa shape index (κ2) is 9.92. The monoisotopic (exact) mass is 458 g/mol. The molecule has 0 saturated carbocycles. The van der Waals surface area contributed by atoms with Gasteiger partial charge in [0.1, 0.15) is 0 Å². The highest BCUT2D eigenvalue weighted by Gasteiger charge is 2.26. The van der Waals surface area contributed by atoms with Crippen molar-refractivity contribution in [3.05, 3.63) is 130 Å². The van der Waals surface area contributed by atoms with Crippen molar-refractivity contribution in [2.45, 2.75) is 52.0 Å². The van der Waals surface area contributed by atoms with Gasteiger partial charge in [0.05, 0.1) is 17.4 Å². The van der Waals surface area contributed by atoms with Crippen LogP contribution in [0.25, 0.3) is 0 Å². The fraction of sp³-hybridized carbons (Fsp3) is 0.242. The number of aliphatic imine (C=N–C) groups is 1. The van der Waals surface area contributed by atoms with Gasteiger partial charge in [-0.1, -0.05) is 125 Å². The second-order valence-corrected chi connectivity index (χ2v) is 10.1. The topological polar surface area (TPSA) is 24.4 Å². The zero-order valence-corrected chi connectivity index (χ0v) is 21.1. The number of anilines is 1. The molecule has 2 nitrogen and oxygen atoms in total. The van der Waals surface area contributed by atoms with Crippen molar-refractivity contribution in [1.82, 2.24) is 0 Å². The quantitative estimate of drug-likeness (QED) is 0.287. The summed E-state index contributed by atoms with van der Waals surface area (Å²) in [5.41, 5.74) is 10.9. The lowest BCUT2D eigenvalue weighted by molar-refractivity contribution is 0.824. The van der Waals surface area contributed by atoms with Gasteiger partial charge in [-0.3, -0.25) is 0 Å². The third-order valence-corrected chi connectivity index (χ3v) is 6.96. The van der Waals surface area contributed by atoms with Gasteiger partial charge in [-0.25, -0.2) is 4.99 Å². The normalized spacial score (nSPS) is 15.4. The Morgan fingerprint density at radius 2 is 1.31 bits per heavy atom. The summed E-state index contributed by atoms with van der Waals surface area (Å²) in [7, 11) is 0. The molecule has 0 aromatic heterocycles. The summed E-state index contributed by atoms with van der Waals surface area (Å²) >= 11 is 0. The van der Waals surface area contributed by atoms with Gasteiger partial charge in [0.2, 0.25) is 0 Å². The number of nitrogens with zero attached hydrogens (tertiary/aromatic N) is 1. The molecule has 2 heteroatoms. The van der Waals surface area contributed by atoms with Gasteiger partial charge in [-0.15, -0.1) is 0 Å². The Balaban J connectivity index is 1.69. The molecular weight excluding hydrogens is 424 g/mol. The van der Waals surface area contributed by atoms with Crippen LogP contribution in [0.3, 0.4) is 0 Å². The molecule has 0 spiro atoms. The third kappa shape index (κ3) is 4.66. The summed E-state index contributed by atoms with van der Waals surface area (Å²) < 4.78 is 0. The summed E-state index contributed by atoms with van der Waals surface area (Å²) in [6.07, 6.45) is 0.981. The molecule has 1 unspecified atom stereocenters. The van der Waals surface area contributed by atoms with Crippen molar-refractivity contribution >= 4 is 17.1 Å². The summed E-state index contributed by atoms with van der Waals surface area (Å²) in [6, 6.07) is 34.9. The van der Waals surface area contributed by atoms with Crippen LogP contribution in [0.4, 0.5) is 11.4 Å². The Bertz CT molecular complexity index is 1310. The zero-order chi connectivity index (χ0) is 24.4. The fourth-order valence-corrected chi connectivity index (χ4v) is 5.10. The van der Waals surface area contributed by atoms with Crippen molar-refractivity contribution in [2.24, 2.45) is 4.99 Å². The Labute approximate surface area is 209 Å². The first-order chi connectivity index (χ1) is 17.0. The molecule has 0 bridgehead atoms. The number of nitrogens with one attached hydrogen (secondary N) is 1. The number of benzene rings is 4. The molecule has 4 aromatic carbocycles. The van der Waals surface area contributed by atoms with Crippen molar-refractivity contribution in [3.63, 3.8) is 0 Å². The summed E-state index contributed by atoms with van der Waals surface area (Å²) in [6.45, 7) is 9.03. The molecule has 35 heavy (non-hydrogen) atoms. The number of rotatable bonds is 6. The van der Waals surface area contributed by atoms with Crippen molar-refractivity contribution in [1.29, 1.82) is 0 Å². The van der Waals surface area contributed by atoms with E-state index in [0.29, 0.717) is 11.8 Å². The molecule has 0 radical (unpaired) electrons. The SMILES string of the molecule is CC(C)c1cccc(C(C)C)c1N=C(c1ccccc1)c1cccc2c1NC(c1ccccc1)C2. The first kappa shape index (κ1) is 23.1. The molecule has 4 aromatic rings. The smallest absolute Gasteiger partial charge is 0.0802 e. The van der Waals surface area contributed by atoms with Gasteiger partial charge < -0.3 is 5.32 Å². The second-order valence-electron chi connectivity index (χ2n) is 10.1. The Hall–Kier alpha value is -3.65. The number of hydrogen-bond acceptors (Lipinski definition) is 2. The van der Waals surface area contributed by atoms with Crippen LogP contribution in [-0.2, 0) is 6.42 Å². The van der Waals surface area contributed by atoms with E-state index >= 15 is 0 Å². The van der Waals surface area contributed by atoms with E-state index in [1.54, 1.807) is 0 Å². The highest BCUT2D eigenvalue weighted by atomic mass is 15.0. The fourth-order valence-electron chi connectivity index (χ4n) is 5.10. The zero-order valence-electron chi connectivity index (χ0n) is 21.1. The van der Waals surface area contributed by atoms with E-state index in [1.807, 2.05) is 0 Å². The largest absolute Gasteiger partial charge is 0.377 e.